The fourth-order valence-corrected chi connectivity index (χ4v) is 5.11. The number of aromatic nitrogens is 2. The summed E-state index contributed by atoms with van der Waals surface area (Å²) >= 11 is 0. The summed E-state index contributed by atoms with van der Waals surface area (Å²) in [7, 11) is -2.41. The molecule has 2 aromatic carbocycles. The van der Waals surface area contributed by atoms with E-state index < -0.39 is 15.8 Å². The van der Waals surface area contributed by atoms with E-state index in [-0.39, 0.29) is 22.6 Å². The quantitative estimate of drug-likeness (QED) is 0.654. The first-order valence-corrected chi connectivity index (χ1v) is 10.6. The topological polar surface area (TPSA) is 64.4 Å². The lowest BCUT2D eigenvalue weighted by Gasteiger charge is -2.40. The summed E-state index contributed by atoms with van der Waals surface area (Å²) in [6.45, 7) is 4.81. The number of hydrogen-bond acceptors (Lipinski definition) is 4. The monoisotopic (exact) mass is 403 g/mol. The van der Waals surface area contributed by atoms with Crippen LogP contribution < -0.4 is 4.74 Å². The molecule has 4 rings (SSSR count). The van der Waals surface area contributed by atoms with Crippen molar-refractivity contribution in [1.82, 2.24) is 13.9 Å². The van der Waals surface area contributed by atoms with E-state index in [2.05, 4.69) is 18.4 Å². The summed E-state index contributed by atoms with van der Waals surface area (Å²) < 4.78 is 48.1. The van der Waals surface area contributed by atoms with Crippen molar-refractivity contribution in [1.29, 1.82) is 0 Å². The minimum Gasteiger partial charge on any atom is -0.494 e. The fraction of sp³-hybridized carbons (Fsp3) is 0.350. The molecule has 148 valence electrons. The zero-order valence-electron chi connectivity index (χ0n) is 16.0. The molecule has 8 heteroatoms. The largest absolute Gasteiger partial charge is 0.494 e. The number of hydrogen-bond donors (Lipinski definition) is 0. The number of methoxy groups -OCH3 is 1. The number of benzene rings is 2. The lowest BCUT2D eigenvalue weighted by molar-refractivity contribution is 0.203. The molecule has 1 saturated heterocycles. The normalized spacial score (nSPS) is 15.9. The molecule has 1 aromatic heterocycles. The molecule has 0 spiro atoms. The highest BCUT2D eigenvalue weighted by molar-refractivity contribution is 7.89. The first-order valence-electron chi connectivity index (χ1n) is 9.13. The molecule has 0 N–H and O–H groups in total. The molecule has 3 aromatic rings. The van der Waals surface area contributed by atoms with Crippen molar-refractivity contribution >= 4 is 21.1 Å². The van der Waals surface area contributed by atoms with Crippen molar-refractivity contribution in [2.24, 2.45) is 0 Å². The van der Waals surface area contributed by atoms with Gasteiger partial charge in [0.05, 0.1) is 29.1 Å². The molecule has 0 saturated carbocycles. The Bertz CT molecular complexity index is 1130. The second-order valence-electron chi connectivity index (χ2n) is 7.26. The Morgan fingerprint density at radius 3 is 2.54 bits per heavy atom. The molecule has 2 heterocycles. The second-order valence-corrected chi connectivity index (χ2v) is 9.19. The third kappa shape index (κ3) is 2.97. The number of imidazole rings is 1. The number of ether oxygens (including phenoxy) is 1. The maximum absolute atomic E-state index is 14.0. The Morgan fingerprint density at radius 2 is 1.89 bits per heavy atom. The predicted molar refractivity (Wildman–Crippen MR) is 105 cm³/mol. The van der Waals surface area contributed by atoms with Gasteiger partial charge < -0.3 is 9.30 Å². The van der Waals surface area contributed by atoms with Crippen LogP contribution in [0, 0.1) is 5.82 Å². The van der Waals surface area contributed by atoms with Gasteiger partial charge in [-0.2, -0.15) is 4.31 Å². The standard InChI is InChI=1S/C20H22FN3O3S/c1-13(2)20-22-17-6-4-5-7-18(17)24(20)14-11-23(12-14)28(25,26)15-8-9-19(27-3)16(21)10-15/h4-10,13-14H,11-12H2,1-3H3. The molecule has 1 fully saturated rings. The van der Waals surface area contributed by atoms with Gasteiger partial charge in [-0.15, -0.1) is 0 Å². The van der Waals surface area contributed by atoms with Gasteiger partial charge in [0.2, 0.25) is 10.0 Å². The average Bonchev–Trinajstić information content (AvgIpc) is 3.00. The average molecular weight is 403 g/mol. The van der Waals surface area contributed by atoms with Gasteiger partial charge in [0, 0.05) is 19.0 Å². The molecule has 6 nitrogen and oxygen atoms in total. The first-order chi connectivity index (χ1) is 13.3. The molecule has 0 unspecified atom stereocenters. The molecule has 0 aliphatic carbocycles. The molecular weight excluding hydrogens is 381 g/mol. The van der Waals surface area contributed by atoms with Gasteiger partial charge >= 0.3 is 0 Å². The van der Waals surface area contributed by atoms with Gasteiger partial charge in [0.15, 0.2) is 11.6 Å². The maximum atomic E-state index is 14.0. The summed E-state index contributed by atoms with van der Waals surface area (Å²) in [5.41, 5.74) is 1.91. The fourth-order valence-electron chi connectivity index (χ4n) is 3.59. The van der Waals surface area contributed by atoms with Gasteiger partial charge in [0.25, 0.3) is 0 Å². The van der Waals surface area contributed by atoms with Gasteiger partial charge in [-0.25, -0.2) is 17.8 Å². The molecule has 0 bridgehead atoms. The third-order valence-corrected chi connectivity index (χ3v) is 6.92. The van der Waals surface area contributed by atoms with E-state index in [1.807, 2.05) is 24.3 Å². The lowest BCUT2D eigenvalue weighted by atomic mass is 10.1. The van der Waals surface area contributed by atoms with Crippen molar-refractivity contribution in [3.63, 3.8) is 0 Å². The second kappa shape index (κ2) is 6.86. The van der Waals surface area contributed by atoms with Gasteiger partial charge in [-0.3, -0.25) is 0 Å². The highest BCUT2D eigenvalue weighted by Gasteiger charge is 2.39. The minimum atomic E-state index is -3.76. The maximum Gasteiger partial charge on any atom is 0.243 e. The van der Waals surface area contributed by atoms with Crippen LogP contribution in [-0.2, 0) is 10.0 Å². The van der Waals surface area contributed by atoms with Crippen molar-refractivity contribution in [3.05, 3.63) is 54.1 Å². The highest BCUT2D eigenvalue weighted by Crippen LogP contribution is 2.34. The van der Waals surface area contributed by atoms with E-state index in [4.69, 9.17) is 9.72 Å². The Balaban J connectivity index is 1.62. The van der Waals surface area contributed by atoms with E-state index in [1.54, 1.807) is 0 Å². The summed E-state index contributed by atoms with van der Waals surface area (Å²) in [5.74, 6) is 0.489. The van der Waals surface area contributed by atoms with E-state index in [0.717, 1.165) is 22.9 Å². The van der Waals surface area contributed by atoms with Crippen LogP contribution in [0.3, 0.4) is 0 Å². The zero-order valence-corrected chi connectivity index (χ0v) is 16.8. The molecular formula is C20H22FN3O3S. The van der Waals surface area contributed by atoms with Crippen LogP contribution in [0.25, 0.3) is 11.0 Å². The SMILES string of the molecule is COc1ccc(S(=O)(=O)N2CC(n3c(C(C)C)nc4ccccc43)C2)cc1F. The van der Waals surface area contributed by atoms with Crippen LogP contribution in [0.15, 0.2) is 47.4 Å². The van der Waals surface area contributed by atoms with Crippen LogP contribution >= 0.6 is 0 Å². The predicted octanol–water partition coefficient (Wildman–Crippen LogP) is 3.55. The van der Waals surface area contributed by atoms with E-state index >= 15 is 0 Å². The first kappa shape index (κ1) is 18.9. The number of para-hydroxylation sites is 2. The molecule has 1 aliphatic rings. The summed E-state index contributed by atoms with van der Waals surface area (Å²) in [4.78, 5) is 4.66. The molecule has 0 atom stereocenters. The van der Waals surface area contributed by atoms with Crippen LogP contribution in [0.5, 0.6) is 5.75 Å². The Morgan fingerprint density at radius 1 is 1.18 bits per heavy atom. The third-order valence-electron chi connectivity index (χ3n) is 5.09. The molecule has 0 amide bonds. The van der Waals surface area contributed by atoms with Gasteiger partial charge in [-0.1, -0.05) is 26.0 Å². The molecule has 0 radical (unpaired) electrons. The number of nitrogens with zero attached hydrogens (tertiary/aromatic N) is 3. The number of halogens is 1. The Kier molecular flexibility index (Phi) is 4.63. The van der Waals surface area contributed by atoms with Crippen molar-refractivity contribution in [2.75, 3.05) is 20.2 Å². The van der Waals surface area contributed by atoms with Crippen LogP contribution in [0.2, 0.25) is 0 Å². The van der Waals surface area contributed by atoms with Gasteiger partial charge in [-0.05, 0) is 30.3 Å². The number of sulfonamides is 1. The van der Waals surface area contributed by atoms with Crippen molar-refractivity contribution < 1.29 is 17.5 Å². The van der Waals surface area contributed by atoms with Crippen LogP contribution in [0.4, 0.5) is 4.39 Å². The Labute approximate surface area is 163 Å². The highest BCUT2D eigenvalue weighted by atomic mass is 32.2. The molecule has 28 heavy (non-hydrogen) atoms. The lowest BCUT2D eigenvalue weighted by Crippen LogP contribution is -2.50. The summed E-state index contributed by atoms with van der Waals surface area (Å²) in [6.07, 6.45) is 0. The minimum absolute atomic E-state index is 0.00247. The van der Waals surface area contributed by atoms with Crippen molar-refractivity contribution in [2.45, 2.75) is 30.7 Å². The zero-order chi connectivity index (χ0) is 20.1. The summed E-state index contributed by atoms with van der Waals surface area (Å²) in [6, 6.07) is 11.6. The van der Waals surface area contributed by atoms with Crippen LogP contribution in [-0.4, -0.2) is 42.5 Å². The smallest absolute Gasteiger partial charge is 0.243 e. The van der Waals surface area contributed by atoms with Crippen molar-refractivity contribution in [3.8, 4) is 5.75 Å². The Hall–Kier alpha value is -2.45. The number of fused-ring (bicyclic) bond motifs is 1. The van der Waals surface area contributed by atoms with Gasteiger partial charge in [0.1, 0.15) is 5.82 Å². The van der Waals surface area contributed by atoms with E-state index in [0.29, 0.717) is 13.1 Å². The van der Waals surface area contributed by atoms with E-state index in [1.165, 1.54) is 23.5 Å². The number of rotatable bonds is 5. The summed E-state index contributed by atoms with van der Waals surface area (Å²) in [5, 5.41) is 0. The van der Waals surface area contributed by atoms with Crippen LogP contribution in [0.1, 0.15) is 31.6 Å². The molecule has 1 aliphatic heterocycles. The van der Waals surface area contributed by atoms with E-state index in [9.17, 15) is 12.8 Å².